The van der Waals surface area contributed by atoms with Crippen LogP contribution in [0.5, 0.6) is 0 Å². The summed E-state index contributed by atoms with van der Waals surface area (Å²) in [6, 6.07) is 4.44. The van der Waals surface area contributed by atoms with Gasteiger partial charge in [-0.3, -0.25) is 0 Å². The van der Waals surface area contributed by atoms with E-state index in [-0.39, 0.29) is 15.7 Å². The van der Waals surface area contributed by atoms with Gasteiger partial charge in [-0.05, 0) is 37.5 Å². The van der Waals surface area contributed by atoms with Crippen molar-refractivity contribution in [3.05, 3.63) is 29.3 Å². The SMILES string of the molecule is Cc1c(C(=O)O)cccc1S(=O)(=O)C1CCCC1. The Balaban J connectivity index is 2.51. The summed E-state index contributed by atoms with van der Waals surface area (Å²) in [5.74, 6) is -1.09. The van der Waals surface area contributed by atoms with E-state index in [9.17, 15) is 13.2 Å². The molecule has 18 heavy (non-hydrogen) atoms. The molecule has 1 aromatic rings. The number of hydrogen-bond donors (Lipinski definition) is 1. The Morgan fingerprint density at radius 1 is 1.28 bits per heavy atom. The van der Waals surface area contributed by atoms with Crippen molar-refractivity contribution in [3.8, 4) is 0 Å². The van der Waals surface area contributed by atoms with Crippen LogP contribution in [0.25, 0.3) is 0 Å². The largest absolute Gasteiger partial charge is 0.478 e. The highest BCUT2D eigenvalue weighted by atomic mass is 32.2. The van der Waals surface area contributed by atoms with Crippen molar-refractivity contribution < 1.29 is 18.3 Å². The summed E-state index contributed by atoms with van der Waals surface area (Å²) in [5, 5.41) is 8.68. The third kappa shape index (κ3) is 2.14. The van der Waals surface area contributed by atoms with Crippen molar-refractivity contribution in [2.75, 3.05) is 0 Å². The fourth-order valence-electron chi connectivity index (χ4n) is 2.53. The van der Waals surface area contributed by atoms with Gasteiger partial charge in [-0.25, -0.2) is 13.2 Å². The van der Waals surface area contributed by atoms with Gasteiger partial charge in [-0.15, -0.1) is 0 Å². The van der Waals surface area contributed by atoms with Gasteiger partial charge in [0.25, 0.3) is 0 Å². The van der Waals surface area contributed by atoms with Crippen molar-refractivity contribution in [1.29, 1.82) is 0 Å². The van der Waals surface area contributed by atoms with Crippen molar-refractivity contribution in [1.82, 2.24) is 0 Å². The van der Waals surface area contributed by atoms with Crippen molar-refractivity contribution in [3.63, 3.8) is 0 Å². The number of carboxylic acid groups (broad SMARTS) is 1. The third-order valence-electron chi connectivity index (χ3n) is 3.56. The van der Waals surface area contributed by atoms with Crippen LogP contribution in [-0.4, -0.2) is 24.7 Å². The lowest BCUT2D eigenvalue weighted by Gasteiger charge is -2.14. The molecule has 1 aliphatic carbocycles. The topological polar surface area (TPSA) is 71.4 Å². The monoisotopic (exact) mass is 268 g/mol. The van der Waals surface area contributed by atoms with E-state index in [2.05, 4.69) is 0 Å². The molecule has 0 unspecified atom stereocenters. The van der Waals surface area contributed by atoms with E-state index < -0.39 is 15.8 Å². The first kappa shape index (κ1) is 13.1. The lowest BCUT2D eigenvalue weighted by Crippen LogP contribution is -2.19. The third-order valence-corrected chi connectivity index (χ3v) is 5.97. The summed E-state index contributed by atoms with van der Waals surface area (Å²) in [4.78, 5) is 11.2. The van der Waals surface area contributed by atoms with Crippen molar-refractivity contribution in [2.45, 2.75) is 42.8 Å². The molecule has 0 aliphatic heterocycles. The van der Waals surface area contributed by atoms with E-state index in [1.807, 2.05) is 0 Å². The number of carbonyl (C=O) groups is 1. The van der Waals surface area contributed by atoms with Gasteiger partial charge in [0.2, 0.25) is 0 Å². The average molecular weight is 268 g/mol. The molecule has 5 heteroatoms. The van der Waals surface area contributed by atoms with Crippen LogP contribution < -0.4 is 0 Å². The van der Waals surface area contributed by atoms with Crippen LogP contribution in [0.15, 0.2) is 23.1 Å². The number of sulfone groups is 1. The van der Waals surface area contributed by atoms with Gasteiger partial charge in [0.15, 0.2) is 9.84 Å². The Morgan fingerprint density at radius 3 is 2.44 bits per heavy atom. The maximum atomic E-state index is 12.4. The molecule has 0 atom stereocenters. The molecule has 98 valence electrons. The van der Waals surface area contributed by atoms with E-state index in [0.717, 1.165) is 12.8 Å². The zero-order valence-corrected chi connectivity index (χ0v) is 11.0. The number of hydrogen-bond acceptors (Lipinski definition) is 3. The molecule has 1 N–H and O–H groups in total. The summed E-state index contributed by atoms with van der Waals surface area (Å²) >= 11 is 0. The zero-order valence-electron chi connectivity index (χ0n) is 10.2. The van der Waals surface area contributed by atoms with Crippen LogP contribution in [0.3, 0.4) is 0 Å². The molecule has 0 saturated heterocycles. The number of aromatic carboxylic acids is 1. The van der Waals surface area contributed by atoms with Gasteiger partial charge in [0, 0.05) is 0 Å². The predicted octanol–water partition coefficient (Wildman–Crippen LogP) is 2.41. The molecule has 0 bridgehead atoms. The van der Waals surface area contributed by atoms with Crippen LogP contribution in [0.1, 0.15) is 41.6 Å². The second kappa shape index (κ2) is 4.72. The minimum Gasteiger partial charge on any atom is -0.478 e. The second-order valence-corrected chi connectivity index (χ2v) is 6.88. The molecule has 0 radical (unpaired) electrons. The van der Waals surface area contributed by atoms with Gasteiger partial charge in [0.1, 0.15) is 0 Å². The number of benzene rings is 1. The summed E-state index contributed by atoms with van der Waals surface area (Å²) in [6.45, 7) is 1.56. The first-order chi connectivity index (χ1) is 8.44. The lowest BCUT2D eigenvalue weighted by atomic mass is 10.1. The number of carboxylic acids is 1. The first-order valence-electron chi connectivity index (χ1n) is 6.01. The maximum Gasteiger partial charge on any atom is 0.335 e. The molecule has 1 aliphatic rings. The summed E-state index contributed by atoms with van der Waals surface area (Å²) in [6.07, 6.45) is 3.22. The molecule has 2 rings (SSSR count). The van der Waals surface area contributed by atoms with Crippen LogP contribution in [0.4, 0.5) is 0 Å². The molecule has 1 aromatic carbocycles. The molecule has 0 spiro atoms. The Labute approximate surface area is 107 Å². The first-order valence-corrected chi connectivity index (χ1v) is 7.56. The van der Waals surface area contributed by atoms with E-state index >= 15 is 0 Å². The molecular formula is C13H16O4S. The van der Waals surface area contributed by atoms with Gasteiger partial charge in [-0.2, -0.15) is 0 Å². The van der Waals surface area contributed by atoms with Crippen molar-refractivity contribution >= 4 is 15.8 Å². The Bertz CT molecular complexity index is 569. The van der Waals surface area contributed by atoms with Crippen LogP contribution >= 0.6 is 0 Å². The fraction of sp³-hybridized carbons (Fsp3) is 0.462. The minimum atomic E-state index is -3.39. The molecule has 1 saturated carbocycles. The molecule has 0 amide bonds. The molecular weight excluding hydrogens is 252 g/mol. The lowest BCUT2D eigenvalue weighted by molar-refractivity contribution is 0.0696. The van der Waals surface area contributed by atoms with Crippen LogP contribution in [-0.2, 0) is 9.84 Å². The quantitative estimate of drug-likeness (QED) is 0.913. The summed E-state index contributed by atoms with van der Waals surface area (Å²) in [5.41, 5.74) is 0.408. The summed E-state index contributed by atoms with van der Waals surface area (Å²) < 4.78 is 24.9. The van der Waals surface area contributed by atoms with Crippen molar-refractivity contribution in [2.24, 2.45) is 0 Å². The standard InChI is InChI=1S/C13H16O4S/c1-9-11(13(14)15)7-4-8-12(9)18(16,17)10-5-2-3-6-10/h4,7-8,10H,2-3,5-6H2,1H3,(H,14,15). The maximum absolute atomic E-state index is 12.4. The van der Waals surface area contributed by atoms with E-state index in [1.165, 1.54) is 18.2 Å². The smallest absolute Gasteiger partial charge is 0.335 e. The highest BCUT2D eigenvalue weighted by Crippen LogP contribution is 2.31. The predicted molar refractivity (Wildman–Crippen MR) is 67.6 cm³/mol. The highest BCUT2D eigenvalue weighted by Gasteiger charge is 2.32. The van der Waals surface area contributed by atoms with Gasteiger partial charge < -0.3 is 5.11 Å². The summed E-state index contributed by atoms with van der Waals surface area (Å²) in [7, 11) is -3.39. The average Bonchev–Trinajstić information content (AvgIpc) is 2.82. The zero-order chi connectivity index (χ0) is 13.3. The minimum absolute atomic E-state index is 0.0640. The normalized spacial score (nSPS) is 16.9. The molecule has 0 aromatic heterocycles. The van der Waals surface area contributed by atoms with Gasteiger partial charge in [0.05, 0.1) is 15.7 Å². The van der Waals surface area contributed by atoms with Crippen LogP contribution in [0, 0.1) is 6.92 Å². The Morgan fingerprint density at radius 2 is 1.89 bits per heavy atom. The molecule has 0 heterocycles. The molecule has 4 nitrogen and oxygen atoms in total. The Hall–Kier alpha value is -1.36. The molecule has 1 fully saturated rings. The van der Waals surface area contributed by atoms with Gasteiger partial charge >= 0.3 is 5.97 Å². The van der Waals surface area contributed by atoms with Gasteiger partial charge in [-0.1, -0.05) is 18.9 Å². The number of rotatable bonds is 3. The second-order valence-electron chi connectivity index (χ2n) is 4.69. The van der Waals surface area contributed by atoms with E-state index in [4.69, 9.17) is 5.11 Å². The Kier molecular flexibility index (Phi) is 3.43. The van der Waals surface area contributed by atoms with E-state index in [0.29, 0.717) is 18.4 Å². The fourth-order valence-corrected chi connectivity index (χ4v) is 4.65. The van der Waals surface area contributed by atoms with Crippen LogP contribution in [0.2, 0.25) is 0 Å². The van der Waals surface area contributed by atoms with E-state index in [1.54, 1.807) is 6.92 Å². The highest BCUT2D eigenvalue weighted by molar-refractivity contribution is 7.92.